The molecule has 8 nitrogen and oxygen atoms in total. The predicted molar refractivity (Wildman–Crippen MR) is 121 cm³/mol. The summed E-state index contributed by atoms with van der Waals surface area (Å²) >= 11 is 0. The van der Waals surface area contributed by atoms with Gasteiger partial charge in [-0.25, -0.2) is 19.8 Å². The van der Waals surface area contributed by atoms with E-state index >= 15 is 0 Å². The molecular formula is C24H25FN6O2. The Morgan fingerprint density at radius 3 is 2.76 bits per heavy atom. The van der Waals surface area contributed by atoms with Crippen molar-refractivity contribution in [1.82, 2.24) is 20.2 Å². The molecule has 3 heterocycles. The lowest BCUT2D eigenvalue weighted by Gasteiger charge is -2.40. The number of aliphatic hydroxyl groups is 1. The predicted octanol–water partition coefficient (Wildman–Crippen LogP) is 2.57. The number of nitrogens with zero attached hydrogens (tertiary/aromatic N) is 5. The van der Waals surface area contributed by atoms with Gasteiger partial charge in [0.2, 0.25) is 5.88 Å². The van der Waals surface area contributed by atoms with Crippen molar-refractivity contribution in [1.29, 1.82) is 5.26 Å². The molecule has 1 aliphatic carbocycles. The number of hydrogen-bond donors (Lipinski definition) is 2. The fraction of sp³-hybridized carbons (Fsp3) is 0.375. The first-order chi connectivity index (χ1) is 15.8. The highest BCUT2D eigenvalue weighted by Gasteiger charge is 2.50. The van der Waals surface area contributed by atoms with Crippen molar-refractivity contribution in [2.45, 2.75) is 25.3 Å². The first-order valence-corrected chi connectivity index (χ1v) is 11.0. The van der Waals surface area contributed by atoms with Crippen LogP contribution in [0.15, 0.2) is 36.3 Å². The van der Waals surface area contributed by atoms with E-state index in [-0.39, 0.29) is 29.4 Å². The fourth-order valence-corrected chi connectivity index (χ4v) is 4.69. The summed E-state index contributed by atoms with van der Waals surface area (Å²) in [5.41, 5.74) is 5.38. The first kappa shape index (κ1) is 21.4. The van der Waals surface area contributed by atoms with Crippen molar-refractivity contribution in [3.05, 3.63) is 64.4 Å². The Balaban J connectivity index is 1.35. The summed E-state index contributed by atoms with van der Waals surface area (Å²) in [5.74, 6) is -0.340. The minimum Gasteiger partial charge on any atom is -0.493 e. The fourth-order valence-electron chi connectivity index (χ4n) is 4.69. The van der Waals surface area contributed by atoms with Crippen LogP contribution in [0.5, 0.6) is 0 Å². The average molecular weight is 449 g/mol. The molecule has 0 unspecified atom stereocenters. The third-order valence-corrected chi connectivity index (χ3v) is 6.99. The third kappa shape index (κ3) is 3.61. The number of aromatic nitrogens is 1. The largest absolute Gasteiger partial charge is 0.493 e. The summed E-state index contributed by atoms with van der Waals surface area (Å²) in [4.78, 5) is 21.6. The Morgan fingerprint density at radius 2 is 2.09 bits per heavy atom. The Kier molecular flexibility index (Phi) is 5.07. The smallest absolute Gasteiger partial charge is 0.255 e. The molecule has 0 bridgehead atoms. The number of likely N-dealkylation sites (N-methyl/N-ethyl adjacent to an activating group) is 1. The number of pyridine rings is 1. The first-order valence-electron chi connectivity index (χ1n) is 11.0. The standard InChI is InChI=1S/C24H25FN6O2/c1-15-9-17(11-26)20(25)10-18(15)19-13-28-31(23(19)33)21-4-3-16(12-27-21)22(32)30-8-7-29(2)24(14-30)5-6-24/h3-4,9-10,12,28,33H,5-8,13-14H2,1-2H3. The van der Waals surface area contributed by atoms with Gasteiger partial charge < -0.3 is 10.0 Å². The van der Waals surface area contributed by atoms with Crippen LogP contribution in [-0.4, -0.2) is 64.6 Å². The van der Waals surface area contributed by atoms with E-state index in [0.717, 1.165) is 25.9 Å². The zero-order valence-electron chi connectivity index (χ0n) is 18.6. The van der Waals surface area contributed by atoms with Crippen LogP contribution in [0, 0.1) is 24.1 Å². The Bertz CT molecular complexity index is 1200. The Hall–Kier alpha value is -3.48. The van der Waals surface area contributed by atoms with Crippen LogP contribution in [0.3, 0.4) is 0 Å². The van der Waals surface area contributed by atoms with Crippen molar-refractivity contribution < 1.29 is 14.3 Å². The number of hydrazine groups is 1. The second-order valence-electron chi connectivity index (χ2n) is 9.01. The normalized spacial score (nSPS) is 19.8. The van der Waals surface area contributed by atoms with Gasteiger partial charge in [0.1, 0.15) is 17.7 Å². The van der Waals surface area contributed by atoms with E-state index in [2.05, 4.69) is 22.4 Å². The zero-order valence-corrected chi connectivity index (χ0v) is 18.6. The molecule has 2 aromatic rings. The molecule has 9 heteroatoms. The van der Waals surface area contributed by atoms with Gasteiger partial charge in [0.05, 0.1) is 11.1 Å². The van der Waals surface area contributed by atoms with Crippen LogP contribution in [0.25, 0.3) is 5.57 Å². The number of nitriles is 1. The molecule has 2 N–H and O–H groups in total. The van der Waals surface area contributed by atoms with Crippen molar-refractivity contribution in [3.63, 3.8) is 0 Å². The lowest BCUT2D eigenvalue weighted by atomic mass is 9.98. The van der Waals surface area contributed by atoms with Crippen molar-refractivity contribution in [3.8, 4) is 6.07 Å². The van der Waals surface area contributed by atoms with Crippen molar-refractivity contribution in [2.75, 3.05) is 38.2 Å². The maximum atomic E-state index is 14.2. The van der Waals surface area contributed by atoms with Crippen LogP contribution in [0.4, 0.5) is 10.2 Å². The number of amides is 1. The minimum absolute atomic E-state index is 0.0333. The average Bonchev–Trinajstić information content (AvgIpc) is 3.50. The van der Waals surface area contributed by atoms with Crippen LogP contribution < -0.4 is 10.4 Å². The van der Waals surface area contributed by atoms with Gasteiger partial charge in [0, 0.05) is 43.5 Å². The van der Waals surface area contributed by atoms with Crippen molar-refractivity contribution >= 4 is 17.3 Å². The highest BCUT2D eigenvalue weighted by atomic mass is 19.1. The monoisotopic (exact) mass is 448 g/mol. The number of hydrogen-bond acceptors (Lipinski definition) is 7. The zero-order chi connectivity index (χ0) is 23.3. The number of aryl methyl sites for hydroxylation is 1. The molecular weight excluding hydrogens is 423 g/mol. The molecule has 33 heavy (non-hydrogen) atoms. The lowest BCUT2D eigenvalue weighted by molar-refractivity contribution is 0.0497. The van der Waals surface area contributed by atoms with Gasteiger partial charge in [-0.2, -0.15) is 5.26 Å². The Morgan fingerprint density at radius 1 is 1.30 bits per heavy atom. The van der Waals surface area contributed by atoms with E-state index in [9.17, 15) is 14.3 Å². The molecule has 1 aromatic carbocycles. The third-order valence-electron chi connectivity index (χ3n) is 6.99. The summed E-state index contributed by atoms with van der Waals surface area (Å²) in [6.45, 7) is 4.34. The maximum Gasteiger partial charge on any atom is 0.255 e. The second-order valence-corrected chi connectivity index (χ2v) is 9.01. The maximum absolute atomic E-state index is 14.2. The molecule has 5 rings (SSSR count). The van der Waals surface area contributed by atoms with Crippen molar-refractivity contribution in [2.24, 2.45) is 0 Å². The molecule has 2 aliphatic heterocycles. The number of nitrogens with one attached hydrogen (secondary N) is 1. The SMILES string of the molecule is Cc1cc(C#N)c(F)cc1C1=C(O)N(c2ccc(C(=O)N3CCN(C)C4(CC4)C3)cn2)NC1. The van der Waals surface area contributed by atoms with E-state index in [4.69, 9.17) is 5.26 Å². The summed E-state index contributed by atoms with van der Waals surface area (Å²) in [7, 11) is 2.12. The number of rotatable bonds is 3. The van der Waals surface area contributed by atoms with Gasteiger partial charge in [-0.1, -0.05) is 0 Å². The van der Waals surface area contributed by atoms with Crippen LogP contribution in [-0.2, 0) is 0 Å². The summed E-state index contributed by atoms with van der Waals surface area (Å²) in [5, 5.41) is 21.2. The molecule has 3 aliphatic rings. The molecule has 1 amide bonds. The van der Waals surface area contributed by atoms with Gasteiger partial charge in [-0.15, -0.1) is 0 Å². The number of carbonyl (C=O) groups excluding carboxylic acids is 1. The van der Waals surface area contributed by atoms with E-state index in [0.29, 0.717) is 34.6 Å². The topological polar surface area (TPSA) is 95.7 Å². The van der Waals surface area contributed by atoms with Gasteiger partial charge in [0.25, 0.3) is 5.91 Å². The molecule has 2 fully saturated rings. The number of piperazine rings is 1. The van der Waals surface area contributed by atoms with Gasteiger partial charge in [-0.05, 0) is 62.2 Å². The molecule has 170 valence electrons. The molecule has 1 aromatic heterocycles. The van der Waals surface area contributed by atoms with E-state index in [1.54, 1.807) is 19.1 Å². The molecule has 0 atom stereocenters. The highest BCUT2D eigenvalue weighted by Crippen LogP contribution is 2.43. The molecule has 1 spiro atoms. The van der Waals surface area contributed by atoms with E-state index < -0.39 is 5.82 Å². The summed E-state index contributed by atoms with van der Waals surface area (Å²) in [6, 6.07) is 7.95. The van der Waals surface area contributed by atoms with Crippen LogP contribution in [0.2, 0.25) is 0 Å². The molecule has 1 saturated carbocycles. The summed E-state index contributed by atoms with van der Waals surface area (Å²) in [6.07, 6.45) is 3.78. The van der Waals surface area contributed by atoms with Crippen LogP contribution in [0.1, 0.15) is 39.9 Å². The number of anilines is 1. The second kappa shape index (κ2) is 7.83. The highest BCUT2D eigenvalue weighted by molar-refractivity contribution is 5.94. The van der Waals surface area contributed by atoms with Gasteiger partial charge >= 0.3 is 0 Å². The number of benzene rings is 1. The van der Waals surface area contributed by atoms with Gasteiger partial charge in [-0.3, -0.25) is 9.69 Å². The molecule has 0 radical (unpaired) electrons. The van der Waals surface area contributed by atoms with E-state index in [1.165, 1.54) is 23.3 Å². The number of carbonyl (C=O) groups is 1. The lowest BCUT2D eigenvalue weighted by Crippen LogP contribution is -2.54. The number of halogens is 1. The van der Waals surface area contributed by atoms with Gasteiger partial charge in [0.15, 0.2) is 0 Å². The quantitative estimate of drug-likeness (QED) is 0.745. The van der Waals surface area contributed by atoms with Crippen LogP contribution >= 0.6 is 0 Å². The van der Waals surface area contributed by atoms with E-state index in [1.807, 2.05) is 11.0 Å². The Labute approximate surface area is 191 Å². The minimum atomic E-state index is -0.630. The molecule has 1 saturated heterocycles. The summed E-state index contributed by atoms with van der Waals surface area (Å²) < 4.78 is 14.2. The number of aliphatic hydroxyl groups excluding tert-OH is 1.